The number of nitrogens with two attached hydrogens (primary N) is 1. The van der Waals surface area contributed by atoms with E-state index in [1.807, 2.05) is 44.2 Å². The van der Waals surface area contributed by atoms with Crippen molar-refractivity contribution in [3.8, 4) is 0 Å². The summed E-state index contributed by atoms with van der Waals surface area (Å²) in [6, 6.07) is 9.88. The van der Waals surface area contributed by atoms with E-state index < -0.39 is 0 Å². The molecule has 4 heteroatoms. The van der Waals surface area contributed by atoms with Gasteiger partial charge >= 0.3 is 0 Å². The average molecular weight is 240 g/mol. The van der Waals surface area contributed by atoms with Crippen molar-refractivity contribution in [2.75, 3.05) is 20.8 Å². The second-order valence-electron chi connectivity index (χ2n) is 3.30. The number of nitrogens with one attached hydrogen (secondary N) is 1. The third-order valence-corrected chi connectivity index (χ3v) is 2.31. The Balaban J connectivity index is 0.00000121. The zero-order valence-corrected chi connectivity index (χ0v) is 11.1. The van der Waals surface area contributed by atoms with E-state index in [0.29, 0.717) is 6.61 Å². The summed E-state index contributed by atoms with van der Waals surface area (Å²) in [6.07, 6.45) is -0.101. The van der Waals surface area contributed by atoms with Crippen LogP contribution in [0.25, 0.3) is 0 Å². The molecular weight excluding hydrogens is 216 g/mol. The van der Waals surface area contributed by atoms with Crippen LogP contribution in [0.2, 0.25) is 0 Å². The predicted octanol–water partition coefficient (Wildman–Crippen LogP) is 1.88. The maximum Gasteiger partial charge on any atom is 0.101 e. The number of methoxy groups -OCH3 is 2. The van der Waals surface area contributed by atoms with Crippen LogP contribution in [0.3, 0.4) is 0 Å². The second kappa shape index (κ2) is 10.2. The van der Waals surface area contributed by atoms with Gasteiger partial charge in [0.05, 0.1) is 12.6 Å². The van der Waals surface area contributed by atoms with E-state index in [1.165, 1.54) is 0 Å². The fourth-order valence-electron chi connectivity index (χ4n) is 1.58. The smallest absolute Gasteiger partial charge is 0.101 e. The summed E-state index contributed by atoms with van der Waals surface area (Å²) >= 11 is 0. The Morgan fingerprint density at radius 2 is 1.76 bits per heavy atom. The van der Waals surface area contributed by atoms with Crippen molar-refractivity contribution in [2.45, 2.75) is 26.0 Å². The first-order valence-electron chi connectivity index (χ1n) is 5.86. The number of hydrazine groups is 1. The van der Waals surface area contributed by atoms with E-state index in [-0.39, 0.29) is 12.1 Å². The molecule has 0 heterocycles. The predicted molar refractivity (Wildman–Crippen MR) is 70.5 cm³/mol. The minimum absolute atomic E-state index is 0.0533. The van der Waals surface area contributed by atoms with Gasteiger partial charge in [0.1, 0.15) is 6.10 Å². The molecule has 17 heavy (non-hydrogen) atoms. The fraction of sp³-hybridized carbons (Fsp3) is 0.538. The Hall–Kier alpha value is -0.940. The van der Waals surface area contributed by atoms with Crippen LogP contribution in [0.15, 0.2) is 30.3 Å². The summed E-state index contributed by atoms with van der Waals surface area (Å²) in [5.41, 5.74) is 3.79. The number of hydrogen-bond donors (Lipinski definition) is 2. The van der Waals surface area contributed by atoms with E-state index in [0.717, 1.165) is 5.56 Å². The second-order valence-corrected chi connectivity index (χ2v) is 3.30. The van der Waals surface area contributed by atoms with Gasteiger partial charge in [-0.05, 0) is 5.56 Å². The zero-order valence-electron chi connectivity index (χ0n) is 11.1. The van der Waals surface area contributed by atoms with Crippen LogP contribution >= 0.6 is 0 Å². The van der Waals surface area contributed by atoms with Crippen LogP contribution in [-0.4, -0.2) is 26.9 Å². The Morgan fingerprint density at radius 1 is 1.18 bits per heavy atom. The third-order valence-electron chi connectivity index (χ3n) is 2.31. The van der Waals surface area contributed by atoms with E-state index in [4.69, 9.17) is 15.3 Å². The molecule has 0 radical (unpaired) electrons. The van der Waals surface area contributed by atoms with Gasteiger partial charge in [-0.3, -0.25) is 11.3 Å². The average Bonchev–Trinajstić information content (AvgIpc) is 2.42. The van der Waals surface area contributed by atoms with Crippen LogP contribution in [0.5, 0.6) is 0 Å². The Morgan fingerprint density at radius 3 is 2.18 bits per heavy atom. The van der Waals surface area contributed by atoms with Crippen molar-refractivity contribution in [2.24, 2.45) is 5.84 Å². The van der Waals surface area contributed by atoms with E-state index >= 15 is 0 Å². The topological polar surface area (TPSA) is 56.5 Å². The summed E-state index contributed by atoms with van der Waals surface area (Å²) in [5, 5.41) is 0. The molecule has 0 amide bonds. The Labute approximate surface area is 104 Å². The zero-order chi connectivity index (χ0) is 13.1. The van der Waals surface area contributed by atoms with Gasteiger partial charge < -0.3 is 9.47 Å². The summed E-state index contributed by atoms with van der Waals surface area (Å²) in [4.78, 5) is 0. The summed E-state index contributed by atoms with van der Waals surface area (Å²) < 4.78 is 10.5. The van der Waals surface area contributed by atoms with Crippen LogP contribution in [0, 0.1) is 0 Å². The highest BCUT2D eigenvalue weighted by molar-refractivity contribution is 5.19. The number of rotatable bonds is 6. The van der Waals surface area contributed by atoms with Crippen molar-refractivity contribution in [3.05, 3.63) is 35.9 Å². The molecule has 2 unspecified atom stereocenters. The molecule has 0 bridgehead atoms. The molecule has 0 aliphatic rings. The molecule has 1 aromatic carbocycles. The maximum atomic E-state index is 5.46. The van der Waals surface area contributed by atoms with Crippen LogP contribution < -0.4 is 11.3 Å². The Bertz CT molecular complexity index is 267. The van der Waals surface area contributed by atoms with Gasteiger partial charge in [-0.1, -0.05) is 44.2 Å². The molecule has 0 aromatic heterocycles. The third kappa shape index (κ3) is 5.28. The normalized spacial score (nSPS) is 13.5. The minimum Gasteiger partial charge on any atom is -0.383 e. The highest BCUT2D eigenvalue weighted by atomic mass is 16.5. The molecule has 3 N–H and O–H groups in total. The number of hydrogen-bond acceptors (Lipinski definition) is 4. The molecule has 0 aliphatic heterocycles. The van der Waals surface area contributed by atoms with Crippen molar-refractivity contribution < 1.29 is 9.47 Å². The molecule has 1 rings (SSSR count). The van der Waals surface area contributed by atoms with Gasteiger partial charge in [-0.2, -0.15) is 0 Å². The molecular formula is C13H24N2O2. The van der Waals surface area contributed by atoms with Crippen LogP contribution in [0.4, 0.5) is 0 Å². The van der Waals surface area contributed by atoms with Crippen LogP contribution in [-0.2, 0) is 9.47 Å². The molecule has 98 valence electrons. The first-order valence-corrected chi connectivity index (χ1v) is 5.86. The van der Waals surface area contributed by atoms with Crippen molar-refractivity contribution in [1.82, 2.24) is 5.43 Å². The maximum absolute atomic E-state index is 5.46. The molecule has 0 saturated heterocycles. The van der Waals surface area contributed by atoms with Gasteiger partial charge in [0.2, 0.25) is 0 Å². The van der Waals surface area contributed by atoms with Gasteiger partial charge in [-0.25, -0.2) is 0 Å². The van der Waals surface area contributed by atoms with Gasteiger partial charge in [-0.15, -0.1) is 0 Å². The number of benzene rings is 1. The lowest BCUT2D eigenvalue weighted by atomic mass is 10.0. The van der Waals surface area contributed by atoms with E-state index in [2.05, 4.69) is 5.43 Å². The molecule has 2 atom stereocenters. The van der Waals surface area contributed by atoms with Gasteiger partial charge in [0.25, 0.3) is 0 Å². The standard InChI is InChI=1S/C11H18N2O2.C2H6/c1-14-8-10(13-12)11(15-2)9-6-4-3-5-7-9;1-2/h3-7,10-11,13H,8,12H2,1-2H3;1-2H3. The highest BCUT2D eigenvalue weighted by Crippen LogP contribution is 2.19. The minimum atomic E-state index is -0.101. The lowest BCUT2D eigenvalue weighted by Gasteiger charge is -2.25. The van der Waals surface area contributed by atoms with E-state index in [9.17, 15) is 0 Å². The van der Waals surface area contributed by atoms with Gasteiger partial charge in [0.15, 0.2) is 0 Å². The Kier molecular flexibility index (Phi) is 9.66. The largest absolute Gasteiger partial charge is 0.383 e. The lowest BCUT2D eigenvalue weighted by molar-refractivity contribution is 0.0334. The van der Waals surface area contributed by atoms with Crippen molar-refractivity contribution >= 4 is 0 Å². The summed E-state index contributed by atoms with van der Waals surface area (Å²) in [5.74, 6) is 5.46. The monoisotopic (exact) mass is 240 g/mol. The van der Waals surface area contributed by atoms with Crippen LogP contribution in [0.1, 0.15) is 25.5 Å². The van der Waals surface area contributed by atoms with Crippen molar-refractivity contribution in [1.29, 1.82) is 0 Å². The molecule has 1 aromatic rings. The fourth-order valence-corrected chi connectivity index (χ4v) is 1.58. The van der Waals surface area contributed by atoms with Crippen molar-refractivity contribution in [3.63, 3.8) is 0 Å². The molecule has 0 spiro atoms. The summed E-state index contributed by atoms with van der Waals surface area (Å²) in [7, 11) is 3.31. The molecule has 0 saturated carbocycles. The molecule has 0 fully saturated rings. The highest BCUT2D eigenvalue weighted by Gasteiger charge is 2.21. The molecule has 4 nitrogen and oxygen atoms in total. The quantitative estimate of drug-likeness (QED) is 0.589. The molecule has 0 aliphatic carbocycles. The SMILES string of the molecule is CC.COCC(NN)C(OC)c1ccccc1. The number of ether oxygens (including phenoxy) is 2. The van der Waals surface area contributed by atoms with Gasteiger partial charge in [0, 0.05) is 14.2 Å². The van der Waals surface area contributed by atoms with E-state index in [1.54, 1.807) is 14.2 Å². The first-order chi connectivity index (χ1) is 8.33. The first kappa shape index (κ1) is 16.1. The lowest BCUT2D eigenvalue weighted by Crippen LogP contribution is -2.43. The summed E-state index contributed by atoms with van der Waals surface area (Å²) in [6.45, 7) is 4.50.